The van der Waals surface area contributed by atoms with Crippen molar-refractivity contribution in [1.29, 1.82) is 0 Å². The van der Waals surface area contributed by atoms with Gasteiger partial charge in [-0.1, -0.05) is 54.6 Å². The molecule has 2 N–H and O–H groups in total. The first-order valence-corrected chi connectivity index (χ1v) is 13.0. The van der Waals surface area contributed by atoms with Crippen molar-refractivity contribution in [2.75, 3.05) is 20.1 Å². The molecular formula is C29H38N4O. The zero-order valence-corrected chi connectivity index (χ0v) is 20.3. The summed E-state index contributed by atoms with van der Waals surface area (Å²) in [6.07, 6.45) is 8.62. The van der Waals surface area contributed by atoms with Gasteiger partial charge in [-0.3, -0.25) is 14.7 Å². The van der Waals surface area contributed by atoms with Crippen molar-refractivity contribution in [3.05, 3.63) is 71.3 Å². The predicted molar refractivity (Wildman–Crippen MR) is 138 cm³/mol. The van der Waals surface area contributed by atoms with Crippen LogP contribution in [0, 0.1) is 5.92 Å². The number of fused-ring (bicyclic) bond motifs is 2. The standard InChI is InChI=1S/C29H38N4O/c1-30-19-27(32-29(34)28-25-11-12-26(18-25)31-28)17-21-7-9-23(10-8-21)24-13-15-33(16-14-24)20-22-5-3-2-4-6-22/h2-10,19,24-28,31H,11-18,20H2,1H3,(H,32,34). The molecule has 2 aliphatic heterocycles. The summed E-state index contributed by atoms with van der Waals surface area (Å²) in [4.78, 5) is 19.7. The summed E-state index contributed by atoms with van der Waals surface area (Å²) in [6.45, 7) is 3.36. The van der Waals surface area contributed by atoms with Crippen molar-refractivity contribution in [3.63, 3.8) is 0 Å². The number of hydrogen-bond donors (Lipinski definition) is 2. The quantitative estimate of drug-likeness (QED) is 0.589. The Bertz CT molecular complexity index is 965. The molecule has 180 valence electrons. The molecule has 4 atom stereocenters. The van der Waals surface area contributed by atoms with Crippen molar-refractivity contribution >= 4 is 12.1 Å². The third kappa shape index (κ3) is 5.59. The van der Waals surface area contributed by atoms with Crippen molar-refractivity contribution < 1.29 is 4.79 Å². The zero-order valence-electron chi connectivity index (χ0n) is 20.3. The van der Waals surface area contributed by atoms with Gasteiger partial charge in [0.15, 0.2) is 0 Å². The molecule has 2 bridgehead atoms. The Balaban J connectivity index is 1.12. The Morgan fingerprint density at radius 3 is 2.47 bits per heavy atom. The lowest BCUT2D eigenvalue weighted by molar-refractivity contribution is -0.124. The van der Waals surface area contributed by atoms with E-state index in [-0.39, 0.29) is 18.0 Å². The molecule has 5 nitrogen and oxygen atoms in total. The van der Waals surface area contributed by atoms with Gasteiger partial charge < -0.3 is 10.6 Å². The van der Waals surface area contributed by atoms with Gasteiger partial charge in [0, 0.05) is 25.8 Å². The van der Waals surface area contributed by atoms with Crippen LogP contribution in [0.25, 0.3) is 0 Å². The van der Waals surface area contributed by atoms with Crippen LogP contribution in [0.1, 0.15) is 54.7 Å². The molecule has 1 aliphatic carbocycles. The van der Waals surface area contributed by atoms with Crippen LogP contribution < -0.4 is 10.6 Å². The third-order valence-corrected chi connectivity index (χ3v) is 8.04. The number of aliphatic imine (C=N–C) groups is 1. The fourth-order valence-corrected chi connectivity index (χ4v) is 6.19. The van der Waals surface area contributed by atoms with Crippen LogP contribution in [0.3, 0.4) is 0 Å². The molecule has 2 heterocycles. The first kappa shape index (κ1) is 23.3. The normalized spacial score (nSPS) is 26.2. The van der Waals surface area contributed by atoms with E-state index >= 15 is 0 Å². The minimum Gasteiger partial charge on any atom is -0.347 e. The Hall–Kier alpha value is -2.50. The summed E-state index contributed by atoms with van der Waals surface area (Å²) in [7, 11) is 1.78. The highest BCUT2D eigenvalue weighted by molar-refractivity contribution is 5.86. The number of nitrogens with zero attached hydrogens (tertiary/aromatic N) is 2. The Morgan fingerprint density at radius 2 is 1.82 bits per heavy atom. The molecule has 1 saturated carbocycles. The molecule has 4 unspecified atom stereocenters. The fourth-order valence-electron chi connectivity index (χ4n) is 6.19. The maximum Gasteiger partial charge on any atom is 0.237 e. The van der Waals surface area contributed by atoms with Gasteiger partial charge in [0.25, 0.3) is 0 Å². The van der Waals surface area contributed by atoms with E-state index in [9.17, 15) is 4.79 Å². The Labute approximate surface area is 204 Å². The van der Waals surface area contributed by atoms with Crippen LogP contribution in [0.4, 0.5) is 0 Å². The van der Waals surface area contributed by atoms with Crippen molar-refractivity contribution in [2.24, 2.45) is 10.9 Å². The second kappa shape index (κ2) is 10.8. The maximum absolute atomic E-state index is 12.9. The van der Waals surface area contributed by atoms with Gasteiger partial charge >= 0.3 is 0 Å². The van der Waals surface area contributed by atoms with E-state index in [1.807, 2.05) is 6.21 Å². The smallest absolute Gasteiger partial charge is 0.237 e. The highest BCUT2D eigenvalue weighted by Gasteiger charge is 2.42. The van der Waals surface area contributed by atoms with Crippen LogP contribution in [0.5, 0.6) is 0 Å². The maximum atomic E-state index is 12.9. The number of nitrogens with one attached hydrogen (secondary N) is 2. The number of rotatable bonds is 8. The van der Waals surface area contributed by atoms with Crippen molar-refractivity contribution in [3.8, 4) is 0 Å². The number of likely N-dealkylation sites (tertiary alicyclic amines) is 1. The van der Waals surface area contributed by atoms with Gasteiger partial charge in [-0.05, 0) is 80.1 Å². The van der Waals surface area contributed by atoms with Crippen LogP contribution >= 0.6 is 0 Å². The largest absolute Gasteiger partial charge is 0.347 e. The van der Waals surface area contributed by atoms with Gasteiger partial charge in [-0.25, -0.2) is 0 Å². The average molecular weight is 459 g/mol. The molecule has 0 radical (unpaired) electrons. The number of carbonyl (C=O) groups excluding carboxylic acids is 1. The van der Waals surface area contributed by atoms with Crippen LogP contribution in [0.15, 0.2) is 59.6 Å². The molecule has 5 heteroatoms. The predicted octanol–water partition coefficient (Wildman–Crippen LogP) is 3.93. The first-order chi connectivity index (χ1) is 16.7. The minimum atomic E-state index is -0.0644. The molecule has 2 saturated heterocycles. The SMILES string of the molecule is CN=CC(Cc1ccc(C2CCN(Cc3ccccc3)CC2)cc1)NC(=O)C1NC2CCC1C2. The lowest BCUT2D eigenvalue weighted by Crippen LogP contribution is -2.51. The summed E-state index contributed by atoms with van der Waals surface area (Å²) in [6, 6.07) is 20.3. The van der Waals surface area contributed by atoms with Crippen LogP contribution in [-0.2, 0) is 17.8 Å². The van der Waals surface area contributed by atoms with Crippen LogP contribution in [0.2, 0.25) is 0 Å². The van der Waals surface area contributed by atoms with Gasteiger partial charge in [0.2, 0.25) is 5.91 Å². The zero-order chi connectivity index (χ0) is 23.3. The van der Waals surface area contributed by atoms with Gasteiger partial charge in [0.1, 0.15) is 0 Å². The van der Waals surface area contributed by atoms with E-state index in [0.717, 1.165) is 32.5 Å². The summed E-state index contributed by atoms with van der Waals surface area (Å²) < 4.78 is 0. The fraction of sp³-hybridized carbons (Fsp3) is 0.517. The second-order valence-electron chi connectivity index (χ2n) is 10.4. The van der Waals surface area contributed by atoms with Crippen molar-refractivity contribution in [2.45, 2.75) is 69.1 Å². The molecule has 34 heavy (non-hydrogen) atoms. The second-order valence-corrected chi connectivity index (χ2v) is 10.4. The molecule has 2 aromatic rings. The third-order valence-electron chi connectivity index (χ3n) is 8.04. The topological polar surface area (TPSA) is 56.7 Å². The van der Waals surface area contributed by atoms with E-state index in [1.54, 1.807) is 7.05 Å². The summed E-state index contributed by atoms with van der Waals surface area (Å²) in [5, 5.41) is 6.74. The summed E-state index contributed by atoms with van der Waals surface area (Å²) >= 11 is 0. The molecule has 0 aromatic heterocycles. The van der Waals surface area contributed by atoms with Crippen LogP contribution in [-0.4, -0.2) is 55.3 Å². The monoisotopic (exact) mass is 458 g/mol. The average Bonchev–Trinajstić information content (AvgIpc) is 3.50. The lowest BCUT2D eigenvalue weighted by atomic mass is 9.88. The summed E-state index contributed by atoms with van der Waals surface area (Å²) in [5.74, 6) is 1.27. The van der Waals surface area contributed by atoms with Crippen molar-refractivity contribution in [1.82, 2.24) is 15.5 Å². The lowest BCUT2D eigenvalue weighted by Gasteiger charge is -2.32. The molecule has 0 spiro atoms. The van der Waals surface area contributed by atoms with E-state index in [0.29, 0.717) is 17.9 Å². The molecule has 1 amide bonds. The highest BCUT2D eigenvalue weighted by Crippen LogP contribution is 2.35. The number of carbonyl (C=O) groups is 1. The molecule has 2 aromatic carbocycles. The Kier molecular flexibility index (Phi) is 7.41. The minimum absolute atomic E-state index is 0.0263. The Morgan fingerprint density at radius 1 is 1.06 bits per heavy atom. The van der Waals surface area contributed by atoms with E-state index in [1.165, 1.54) is 42.4 Å². The van der Waals surface area contributed by atoms with Gasteiger partial charge in [0.05, 0.1) is 12.1 Å². The number of benzene rings is 2. The molecule has 5 rings (SSSR count). The highest BCUT2D eigenvalue weighted by atomic mass is 16.2. The first-order valence-electron chi connectivity index (χ1n) is 13.0. The molecule has 3 fully saturated rings. The van der Waals surface area contributed by atoms with E-state index in [4.69, 9.17) is 0 Å². The van der Waals surface area contributed by atoms with E-state index in [2.05, 4.69) is 75.1 Å². The van der Waals surface area contributed by atoms with E-state index < -0.39 is 0 Å². The summed E-state index contributed by atoms with van der Waals surface area (Å²) in [5.41, 5.74) is 4.09. The number of piperidine rings is 2. The molecule has 3 aliphatic rings. The van der Waals surface area contributed by atoms with Gasteiger partial charge in [-0.2, -0.15) is 0 Å². The molecular weight excluding hydrogens is 420 g/mol. The number of amides is 1. The van der Waals surface area contributed by atoms with Gasteiger partial charge in [-0.15, -0.1) is 0 Å². The number of hydrogen-bond acceptors (Lipinski definition) is 4.